The summed E-state index contributed by atoms with van der Waals surface area (Å²) in [5.74, 6) is 0.0263. The number of piperazine rings is 1. The Morgan fingerprint density at radius 2 is 1.81 bits per heavy atom. The number of rotatable bonds is 3. The second kappa shape index (κ2) is 8.27. The minimum absolute atomic E-state index is 0.0263. The van der Waals surface area contributed by atoms with Crippen molar-refractivity contribution in [2.75, 3.05) is 52.4 Å². The molecule has 0 spiro atoms. The van der Waals surface area contributed by atoms with Crippen molar-refractivity contribution >= 4 is 11.9 Å². The molecule has 2 saturated heterocycles. The number of nitrogens with zero attached hydrogens (tertiary/aromatic N) is 3. The largest absolute Gasteiger partial charge is 0.340 e. The van der Waals surface area contributed by atoms with Gasteiger partial charge in [0.2, 0.25) is 5.91 Å². The molecule has 0 radical (unpaired) electrons. The molecule has 3 heterocycles. The lowest BCUT2D eigenvalue weighted by atomic mass is 10.0. The van der Waals surface area contributed by atoms with Crippen LogP contribution in [-0.4, -0.2) is 85.0 Å². The van der Waals surface area contributed by atoms with Gasteiger partial charge in [0.1, 0.15) is 0 Å². The SMILES string of the molecule is O=C(CNC(=O)N1CCc2ccccc2C1)N1CCC(N2CCNCC2)C1. The third kappa shape index (κ3) is 4.25. The van der Waals surface area contributed by atoms with Gasteiger partial charge in [-0.25, -0.2) is 4.79 Å². The molecule has 0 aromatic heterocycles. The number of benzene rings is 1. The first-order valence-corrected chi connectivity index (χ1v) is 10.0. The molecule has 7 nitrogen and oxygen atoms in total. The third-order valence-electron chi connectivity index (χ3n) is 5.99. The summed E-state index contributed by atoms with van der Waals surface area (Å²) in [6.45, 7) is 7.15. The molecule has 1 unspecified atom stereocenters. The number of urea groups is 1. The summed E-state index contributed by atoms with van der Waals surface area (Å²) in [6, 6.07) is 8.56. The minimum Gasteiger partial charge on any atom is -0.340 e. The molecule has 146 valence electrons. The molecule has 1 atom stereocenters. The van der Waals surface area contributed by atoms with Crippen LogP contribution >= 0.6 is 0 Å². The van der Waals surface area contributed by atoms with E-state index in [9.17, 15) is 9.59 Å². The molecule has 0 saturated carbocycles. The fourth-order valence-electron chi connectivity index (χ4n) is 4.36. The molecule has 3 amide bonds. The number of hydrogen-bond acceptors (Lipinski definition) is 4. The van der Waals surface area contributed by atoms with Gasteiger partial charge in [-0.3, -0.25) is 9.69 Å². The summed E-state index contributed by atoms with van der Waals surface area (Å²) >= 11 is 0. The van der Waals surface area contributed by atoms with E-state index in [1.54, 1.807) is 4.90 Å². The normalized spacial score (nSPS) is 23.2. The average Bonchev–Trinajstić information content (AvgIpc) is 3.22. The Morgan fingerprint density at radius 1 is 1.04 bits per heavy atom. The van der Waals surface area contributed by atoms with Crippen molar-refractivity contribution in [2.45, 2.75) is 25.4 Å². The number of carbonyl (C=O) groups excluding carboxylic acids is 2. The lowest BCUT2D eigenvalue weighted by Gasteiger charge is -2.32. The molecular weight excluding hydrogens is 342 g/mol. The van der Waals surface area contributed by atoms with Crippen LogP contribution in [0.5, 0.6) is 0 Å². The van der Waals surface area contributed by atoms with Crippen molar-refractivity contribution < 1.29 is 9.59 Å². The van der Waals surface area contributed by atoms with Gasteiger partial charge in [0.25, 0.3) is 0 Å². The molecule has 1 aromatic carbocycles. The summed E-state index contributed by atoms with van der Waals surface area (Å²) in [5, 5.41) is 6.19. The highest BCUT2D eigenvalue weighted by molar-refractivity contribution is 5.84. The maximum absolute atomic E-state index is 12.5. The number of carbonyl (C=O) groups is 2. The van der Waals surface area contributed by atoms with Crippen LogP contribution in [0.25, 0.3) is 0 Å². The smallest absolute Gasteiger partial charge is 0.318 e. The highest BCUT2D eigenvalue weighted by atomic mass is 16.2. The molecule has 2 fully saturated rings. The van der Waals surface area contributed by atoms with Gasteiger partial charge in [0.15, 0.2) is 0 Å². The number of likely N-dealkylation sites (tertiary alicyclic amines) is 1. The molecule has 27 heavy (non-hydrogen) atoms. The molecule has 7 heteroatoms. The Labute approximate surface area is 160 Å². The van der Waals surface area contributed by atoms with Gasteiger partial charge in [-0.15, -0.1) is 0 Å². The monoisotopic (exact) mass is 371 g/mol. The van der Waals surface area contributed by atoms with Crippen LogP contribution in [0.2, 0.25) is 0 Å². The molecule has 0 aliphatic carbocycles. The highest BCUT2D eigenvalue weighted by Crippen LogP contribution is 2.19. The van der Waals surface area contributed by atoms with Crippen molar-refractivity contribution in [1.29, 1.82) is 0 Å². The number of amides is 3. The zero-order valence-electron chi connectivity index (χ0n) is 15.8. The van der Waals surface area contributed by atoms with Crippen LogP contribution in [0.15, 0.2) is 24.3 Å². The van der Waals surface area contributed by atoms with Crippen LogP contribution in [0.3, 0.4) is 0 Å². The van der Waals surface area contributed by atoms with E-state index < -0.39 is 0 Å². The Bertz CT molecular complexity index is 689. The van der Waals surface area contributed by atoms with Gasteiger partial charge >= 0.3 is 6.03 Å². The Hall–Kier alpha value is -2.12. The van der Waals surface area contributed by atoms with Crippen molar-refractivity contribution in [3.63, 3.8) is 0 Å². The summed E-state index contributed by atoms with van der Waals surface area (Å²) in [6.07, 6.45) is 1.90. The first kappa shape index (κ1) is 18.3. The lowest BCUT2D eigenvalue weighted by Crippen LogP contribution is -2.50. The van der Waals surface area contributed by atoms with Crippen LogP contribution in [-0.2, 0) is 17.8 Å². The van der Waals surface area contributed by atoms with E-state index in [1.165, 1.54) is 11.1 Å². The van der Waals surface area contributed by atoms with Crippen molar-refractivity contribution in [2.24, 2.45) is 0 Å². The van der Waals surface area contributed by atoms with E-state index in [1.807, 2.05) is 17.0 Å². The van der Waals surface area contributed by atoms with E-state index in [2.05, 4.69) is 27.7 Å². The Balaban J connectivity index is 1.23. The van der Waals surface area contributed by atoms with Gasteiger partial charge in [-0.05, 0) is 24.0 Å². The maximum atomic E-state index is 12.5. The fourth-order valence-corrected chi connectivity index (χ4v) is 4.36. The van der Waals surface area contributed by atoms with Crippen molar-refractivity contribution in [1.82, 2.24) is 25.3 Å². The lowest BCUT2D eigenvalue weighted by molar-refractivity contribution is -0.129. The molecular formula is C20H29N5O2. The first-order chi connectivity index (χ1) is 13.2. The summed E-state index contributed by atoms with van der Waals surface area (Å²) in [7, 11) is 0. The van der Waals surface area contributed by atoms with Crippen LogP contribution < -0.4 is 10.6 Å². The second-order valence-electron chi connectivity index (χ2n) is 7.67. The standard InChI is InChI=1S/C20H29N5O2/c26-19(24-10-6-18(15-24)23-11-7-21-8-12-23)13-22-20(27)25-9-5-16-3-1-2-4-17(16)14-25/h1-4,18,21H,5-15H2,(H,22,27). The van der Waals surface area contributed by atoms with Crippen LogP contribution in [0, 0.1) is 0 Å². The maximum Gasteiger partial charge on any atom is 0.318 e. The van der Waals surface area contributed by atoms with Crippen molar-refractivity contribution in [3.8, 4) is 0 Å². The Morgan fingerprint density at radius 3 is 2.63 bits per heavy atom. The molecule has 4 rings (SSSR count). The molecule has 0 bridgehead atoms. The van der Waals surface area contributed by atoms with E-state index in [0.717, 1.165) is 52.1 Å². The van der Waals surface area contributed by atoms with Crippen LogP contribution in [0.1, 0.15) is 17.5 Å². The van der Waals surface area contributed by atoms with E-state index in [0.29, 0.717) is 19.1 Å². The van der Waals surface area contributed by atoms with E-state index >= 15 is 0 Å². The summed E-state index contributed by atoms with van der Waals surface area (Å²) < 4.78 is 0. The average molecular weight is 371 g/mol. The number of hydrogen-bond donors (Lipinski definition) is 2. The van der Waals surface area contributed by atoms with Crippen LogP contribution in [0.4, 0.5) is 4.79 Å². The fraction of sp³-hybridized carbons (Fsp3) is 0.600. The van der Waals surface area contributed by atoms with E-state index in [-0.39, 0.29) is 18.5 Å². The topological polar surface area (TPSA) is 67.9 Å². The van der Waals surface area contributed by atoms with Gasteiger partial charge in [-0.1, -0.05) is 24.3 Å². The predicted octanol–water partition coefficient (Wildman–Crippen LogP) is 0.260. The quantitative estimate of drug-likeness (QED) is 0.800. The van der Waals surface area contributed by atoms with E-state index in [4.69, 9.17) is 0 Å². The molecule has 3 aliphatic rings. The summed E-state index contributed by atoms with van der Waals surface area (Å²) in [4.78, 5) is 31.2. The zero-order chi connectivity index (χ0) is 18.6. The minimum atomic E-state index is -0.143. The third-order valence-corrected chi connectivity index (χ3v) is 5.99. The number of fused-ring (bicyclic) bond motifs is 1. The second-order valence-corrected chi connectivity index (χ2v) is 7.67. The summed E-state index contributed by atoms with van der Waals surface area (Å²) in [5.41, 5.74) is 2.51. The zero-order valence-corrected chi connectivity index (χ0v) is 15.8. The highest BCUT2D eigenvalue weighted by Gasteiger charge is 2.31. The van der Waals surface area contributed by atoms with Gasteiger partial charge in [0, 0.05) is 58.4 Å². The van der Waals surface area contributed by atoms with Crippen molar-refractivity contribution in [3.05, 3.63) is 35.4 Å². The van der Waals surface area contributed by atoms with Gasteiger partial charge < -0.3 is 20.4 Å². The molecule has 1 aromatic rings. The number of nitrogens with one attached hydrogen (secondary N) is 2. The van der Waals surface area contributed by atoms with Gasteiger partial charge in [0.05, 0.1) is 6.54 Å². The first-order valence-electron chi connectivity index (χ1n) is 10.0. The molecule has 3 aliphatic heterocycles. The predicted molar refractivity (Wildman–Crippen MR) is 103 cm³/mol. The molecule has 2 N–H and O–H groups in total. The van der Waals surface area contributed by atoms with Gasteiger partial charge in [-0.2, -0.15) is 0 Å². The Kier molecular flexibility index (Phi) is 5.59.